The Hall–Kier alpha value is -2.67. The van der Waals surface area contributed by atoms with Crippen molar-refractivity contribution in [2.75, 3.05) is 6.54 Å². The van der Waals surface area contributed by atoms with Gasteiger partial charge in [-0.15, -0.1) is 0 Å². The highest BCUT2D eigenvalue weighted by Crippen LogP contribution is 2.24. The number of nitrogens with two attached hydrogens (primary N) is 1. The third-order valence-corrected chi connectivity index (χ3v) is 5.18. The normalized spacial score (nSPS) is 18.1. The molecule has 3 rings (SSSR count). The standard InChI is InChI=1S/C21H28N4O3/c1-21(2,3)18(22)20(27)25-10-4-5-16(25)19(26)24-11-14-6-8-15(9-7-14)17-12-23-13-28-17/h6-9,12-13,16,18H,4-5,10-11,22H2,1-3H3,(H,24,26). The van der Waals surface area contributed by atoms with Crippen LogP contribution in [0.1, 0.15) is 39.2 Å². The van der Waals surface area contributed by atoms with Crippen LogP contribution in [0.3, 0.4) is 0 Å². The summed E-state index contributed by atoms with van der Waals surface area (Å²) in [5.41, 5.74) is 7.68. The minimum Gasteiger partial charge on any atom is -0.444 e. The second kappa shape index (κ2) is 8.14. The molecular formula is C21H28N4O3. The smallest absolute Gasteiger partial charge is 0.243 e. The highest BCUT2D eigenvalue weighted by Gasteiger charge is 2.39. The number of carbonyl (C=O) groups is 2. The summed E-state index contributed by atoms with van der Waals surface area (Å²) in [5, 5.41) is 2.95. The number of carbonyl (C=O) groups excluding carboxylic acids is 2. The van der Waals surface area contributed by atoms with Crippen LogP contribution in [0.25, 0.3) is 11.3 Å². The third-order valence-electron chi connectivity index (χ3n) is 5.18. The number of oxazole rings is 1. The predicted molar refractivity (Wildman–Crippen MR) is 106 cm³/mol. The molecule has 2 atom stereocenters. The monoisotopic (exact) mass is 384 g/mol. The summed E-state index contributed by atoms with van der Waals surface area (Å²) in [4.78, 5) is 31.0. The van der Waals surface area contributed by atoms with E-state index in [0.29, 0.717) is 25.3 Å². The number of benzene rings is 1. The number of hydrogen-bond acceptors (Lipinski definition) is 5. The van der Waals surface area contributed by atoms with Crippen molar-refractivity contribution < 1.29 is 14.0 Å². The van der Waals surface area contributed by atoms with Crippen LogP contribution in [0.15, 0.2) is 41.3 Å². The lowest BCUT2D eigenvalue weighted by atomic mass is 9.86. The molecule has 0 radical (unpaired) electrons. The fourth-order valence-corrected chi connectivity index (χ4v) is 3.30. The van der Waals surface area contributed by atoms with Gasteiger partial charge in [0.1, 0.15) is 6.04 Å². The SMILES string of the molecule is CC(C)(C)C(N)C(=O)N1CCCC1C(=O)NCc1ccc(-c2cnco2)cc1. The van der Waals surface area contributed by atoms with Crippen molar-refractivity contribution >= 4 is 11.8 Å². The topological polar surface area (TPSA) is 101 Å². The first kappa shape index (κ1) is 20.1. The Balaban J connectivity index is 1.59. The van der Waals surface area contributed by atoms with Gasteiger partial charge < -0.3 is 20.4 Å². The number of nitrogens with one attached hydrogen (secondary N) is 1. The quantitative estimate of drug-likeness (QED) is 0.824. The fourth-order valence-electron chi connectivity index (χ4n) is 3.30. The molecule has 2 aromatic rings. The molecule has 1 aliphatic rings. The summed E-state index contributed by atoms with van der Waals surface area (Å²) in [6.45, 7) is 6.78. The molecule has 1 aromatic carbocycles. The van der Waals surface area contributed by atoms with E-state index < -0.39 is 12.1 Å². The number of aromatic nitrogens is 1. The summed E-state index contributed by atoms with van der Waals surface area (Å²) >= 11 is 0. The summed E-state index contributed by atoms with van der Waals surface area (Å²) in [7, 11) is 0. The van der Waals surface area contributed by atoms with Crippen LogP contribution >= 0.6 is 0 Å². The molecule has 150 valence electrons. The summed E-state index contributed by atoms with van der Waals surface area (Å²) in [5.74, 6) is 0.415. The lowest BCUT2D eigenvalue weighted by Crippen LogP contribution is -2.54. The van der Waals surface area contributed by atoms with Gasteiger partial charge in [-0.25, -0.2) is 4.98 Å². The Morgan fingerprint density at radius 2 is 2.04 bits per heavy atom. The lowest BCUT2D eigenvalue weighted by Gasteiger charge is -2.32. The fraction of sp³-hybridized carbons (Fsp3) is 0.476. The van der Waals surface area contributed by atoms with Crippen LogP contribution in [-0.4, -0.2) is 40.3 Å². The maximum absolute atomic E-state index is 12.7. The minimum absolute atomic E-state index is 0.133. The Labute approximate surface area is 165 Å². The molecule has 0 aliphatic carbocycles. The maximum Gasteiger partial charge on any atom is 0.243 e. The van der Waals surface area contributed by atoms with E-state index in [0.717, 1.165) is 17.5 Å². The predicted octanol–water partition coefficient (Wildman–Crippen LogP) is 2.32. The average Bonchev–Trinajstić information content (AvgIpc) is 3.36. The van der Waals surface area contributed by atoms with E-state index in [-0.39, 0.29) is 17.2 Å². The second-order valence-electron chi connectivity index (χ2n) is 8.31. The van der Waals surface area contributed by atoms with Crippen molar-refractivity contribution in [3.63, 3.8) is 0 Å². The van der Waals surface area contributed by atoms with Crippen molar-refractivity contribution in [1.82, 2.24) is 15.2 Å². The van der Waals surface area contributed by atoms with Crippen LogP contribution in [0, 0.1) is 5.41 Å². The van der Waals surface area contributed by atoms with Crippen molar-refractivity contribution in [3.05, 3.63) is 42.4 Å². The van der Waals surface area contributed by atoms with Gasteiger partial charge >= 0.3 is 0 Å². The Bertz CT molecular complexity index is 809. The average molecular weight is 384 g/mol. The molecule has 7 nitrogen and oxygen atoms in total. The Morgan fingerprint density at radius 1 is 1.32 bits per heavy atom. The van der Waals surface area contributed by atoms with Crippen LogP contribution in [-0.2, 0) is 16.1 Å². The third kappa shape index (κ3) is 4.42. The van der Waals surface area contributed by atoms with Crippen molar-refractivity contribution in [2.45, 2.75) is 52.2 Å². The molecule has 2 heterocycles. The molecule has 1 fully saturated rings. The first-order valence-corrected chi connectivity index (χ1v) is 9.59. The highest BCUT2D eigenvalue weighted by molar-refractivity contribution is 5.90. The van der Waals surface area contributed by atoms with E-state index >= 15 is 0 Å². The number of hydrogen-bond donors (Lipinski definition) is 2. The largest absolute Gasteiger partial charge is 0.444 e. The molecule has 2 unspecified atom stereocenters. The van der Waals surface area contributed by atoms with Gasteiger partial charge in [0.2, 0.25) is 11.8 Å². The van der Waals surface area contributed by atoms with E-state index in [1.54, 1.807) is 11.1 Å². The highest BCUT2D eigenvalue weighted by atomic mass is 16.3. The lowest BCUT2D eigenvalue weighted by molar-refractivity contribution is -0.141. The molecule has 1 aromatic heterocycles. The van der Waals surface area contributed by atoms with Gasteiger partial charge in [-0.2, -0.15) is 0 Å². The zero-order valence-corrected chi connectivity index (χ0v) is 16.6. The van der Waals surface area contributed by atoms with Gasteiger partial charge in [0.05, 0.1) is 12.2 Å². The first-order chi connectivity index (χ1) is 13.3. The van der Waals surface area contributed by atoms with Gasteiger partial charge in [-0.3, -0.25) is 9.59 Å². The summed E-state index contributed by atoms with van der Waals surface area (Å²) < 4.78 is 5.27. The Kier molecular flexibility index (Phi) is 5.84. The summed E-state index contributed by atoms with van der Waals surface area (Å²) in [6, 6.07) is 6.65. The zero-order chi connectivity index (χ0) is 20.3. The van der Waals surface area contributed by atoms with Gasteiger partial charge in [-0.05, 0) is 23.8 Å². The van der Waals surface area contributed by atoms with E-state index in [1.807, 2.05) is 45.0 Å². The zero-order valence-electron chi connectivity index (χ0n) is 16.6. The number of rotatable bonds is 5. The van der Waals surface area contributed by atoms with Gasteiger partial charge in [0, 0.05) is 18.7 Å². The van der Waals surface area contributed by atoms with Gasteiger partial charge in [0.25, 0.3) is 0 Å². The molecule has 0 spiro atoms. The first-order valence-electron chi connectivity index (χ1n) is 9.59. The van der Waals surface area contributed by atoms with Crippen LogP contribution in [0.5, 0.6) is 0 Å². The van der Waals surface area contributed by atoms with E-state index in [1.165, 1.54) is 6.39 Å². The van der Waals surface area contributed by atoms with Crippen molar-refractivity contribution in [1.29, 1.82) is 0 Å². The molecule has 1 aliphatic heterocycles. The molecule has 28 heavy (non-hydrogen) atoms. The molecule has 7 heteroatoms. The molecule has 2 amide bonds. The molecular weight excluding hydrogens is 356 g/mol. The van der Waals surface area contributed by atoms with Crippen molar-refractivity contribution in [2.24, 2.45) is 11.1 Å². The maximum atomic E-state index is 12.7. The molecule has 1 saturated heterocycles. The number of amides is 2. The number of likely N-dealkylation sites (tertiary alicyclic amines) is 1. The second-order valence-corrected chi connectivity index (χ2v) is 8.31. The van der Waals surface area contributed by atoms with Crippen LogP contribution in [0.4, 0.5) is 0 Å². The van der Waals surface area contributed by atoms with Crippen LogP contribution < -0.4 is 11.1 Å². The van der Waals surface area contributed by atoms with Crippen LogP contribution in [0.2, 0.25) is 0 Å². The summed E-state index contributed by atoms with van der Waals surface area (Å²) in [6.07, 6.45) is 4.53. The van der Waals surface area contributed by atoms with Gasteiger partial charge in [-0.1, -0.05) is 45.0 Å². The molecule has 3 N–H and O–H groups in total. The number of nitrogens with zero attached hydrogens (tertiary/aromatic N) is 2. The van der Waals surface area contributed by atoms with Gasteiger partial charge in [0.15, 0.2) is 12.2 Å². The molecule has 0 bridgehead atoms. The Morgan fingerprint density at radius 3 is 2.64 bits per heavy atom. The van der Waals surface area contributed by atoms with E-state index in [4.69, 9.17) is 10.2 Å². The molecule has 0 saturated carbocycles. The van der Waals surface area contributed by atoms with Crippen molar-refractivity contribution in [3.8, 4) is 11.3 Å². The van der Waals surface area contributed by atoms with E-state index in [9.17, 15) is 9.59 Å². The van der Waals surface area contributed by atoms with E-state index in [2.05, 4.69) is 10.3 Å². The minimum atomic E-state index is -0.621.